The molecule has 0 unspecified atom stereocenters. The molecule has 0 spiro atoms. The van der Waals surface area contributed by atoms with E-state index in [2.05, 4.69) is 6.92 Å². The van der Waals surface area contributed by atoms with E-state index in [0.717, 1.165) is 19.3 Å². The van der Waals surface area contributed by atoms with Crippen LogP contribution in [0.5, 0.6) is 0 Å². The highest BCUT2D eigenvalue weighted by Crippen LogP contribution is 2.05. The molecular formula is C13H26N2O2+. The van der Waals surface area contributed by atoms with E-state index in [1.54, 1.807) is 10.0 Å². The van der Waals surface area contributed by atoms with Crippen LogP contribution in [0.1, 0.15) is 59.8 Å². The predicted molar refractivity (Wildman–Crippen MR) is 69.5 cm³/mol. The highest BCUT2D eigenvalue weighted by atomic mass is 16.2. The van der Waals surface area contributed by atoms with E-state index in [-0.39, 0.29) is 11.8 Å². The molecule has 99 valence electrons. The Morgan fingerprint density at radius 3 is 2.06 bits per heavy atom. The van der Waals surface area contributed by atoms with Crippen LogP contribution in [0, 0.1) is 0 Å². The lowest BCUT2D eigenvalue weighted by molar-refractivity contribution is -0.150. The van der Waals surface area contributed by atoms with Gasteiger partial charge in [0, 0.05) is 11.4 Å². The lowest BCUT2D eigenvalue weighted by atomic mass is 10.2. The van der Waals surface area contributed by atoms with Crippen LogP contribution in [-0.2, 0) is 9.59 Å². The fourth-order valence-corrected chi connectivity index (χ4v) is 1.76. The SMILES string of the molecule is CCCCC(=O)[N+](CC)N(CC)C(=O)CCC. The summed E-state index contributed by atoms with van der Waals surface area (Å²) in [5.41, 5.74) is 0. The molecule has 1 radical (unpaired) electrons. The van der Waals surface area contributed by atoms with Crippen molar-refractivity contribution in [3.8, 4) is 0 Å². The van der Waals surface area contributed by atoms with Crippen molar-refractivity contribution in [1.29, 1.82) is 0 Å². The second kappa shape index (κ2) is 9.16. The molecule has 4 heteroatoms. The van der Waals surface area contributed by atoms with Crippen LogP contribution in [0.2, 0.25) is 0 Å². The van der Waals surface area contributed by atoms with Gasteiger partial charge in [0.05, 0.1) is 13.0 Å². The minimum atomic E-state index is 0.0432. The predicted octanol–water partition coefficient (Wildman–Crippen LogP) is 2.43. The summed E-state index contributed by atoms with van der Waals surface area (Å²) in [5.74, 6) is 0.0994. The van der Waals surface area contributed by atoms with Gasteiger partial charge in [-0.1, -0.05) is 20.3 Å². The number of hydrogen-bond acceptors (Lipinski definition) is 2. The van der Waals surface area contributed by atoms with Crippen LogP contribution in [-0.4, -0.2) is 29.9 Å². The monoisotopic (exact) mass is 242 g/mol. The molecule has 0 aliphatic carbocycles. The van der Waals surface area contributed by atoms with Crippen molar-refractivity contribution in [3.05, 3.63) is 0 Å². The van der Waals surface area contributed by atoms with Crippen molar-refractivity contribution in [3.63, 3.8) is 0 Å². The van der Waals surface area contributed by atoms with Crippen LogP contribution in [0.3, 0.4) is 0 Å². The number of carbonyl (C=O) groups excluding carboxylic acids is 2. The Bertz CT molecular complexity index is 242. The molecule has 0 saturated carbocycles. The zero-order valence-electron chi connectivity index (χ0n) is 11.7. The topological polar surface area (TPSA) is 43.3 Å². The van der Waals surface area contributed by atoms with E-state index in [9.17, 15) is 9.59 Å². The van der Waals surface area contributed by atoms with Crippen molar-refractivity contribution in [2.45, 2.75) is 59.8 Å². The molecule has 4 nitrogen and oxygen atoms in total. The first-order valence-electron chi connectivity index (χ1n) is 6.72. The molecule has 0 bridgehead atoms. The summed E-state index contributed by atoms with van der Waals surface area (Å²) < 4.78 is 0. The minimum absolute atomic E-state index is 0.0432. The zero-order valence-corrected chi connectivity index (χ0v) is 11.7. The first-order valence-corrected chi connectivity index (χ1v) is 6.72. The maximum Gasteiger partial charge on any atom is 0.388 e. The number of amides is 2. The number of nitrogens with zero attached hydrogens (tertiary/aromatic N) is 2. The van der Waals surface area contributed by atoms with Gasteiger partial charge in [-0.3, -0.25) is 4.79 Å². The van der Waals surface area contributed by atoms with E-state index < -0.39 is 0 Å². The summed E-state index contributed by atoms with van der Waals surface area (Å²) in [6, 6.07) is 0. The Kier molecular flexibility index (Phi) is 8.68. The van der Waals surface area contributed by atoms with Crippen molar-refractivity contribution in [2.24, 2.45) is 0 Å². The Hall–Kier alpha value is -0.900. The highest BCUT2D eigenvalue weighted by Gasteiger charge is 2.34. The van der Waals surface area contributed by atoms with Gasteiger partial charge >= 0.3 is 5.91 Å². The molecule has 0 N–H and O–H groups in total. The number of hydrazine groups is 1. The standard InChI is InChI=1S/C13H26N2O2/c1-5-9-11-13(17)15(8-4)14(7-3)12(16)10-6-2/h5-11H2,1-4H3/q+1. The normalized spacial score (nSPS) is 10.6. The quantitative estimate of drug-likeness (QED) is 0.508. The van der Waals surface area contributed by atoms with E-state index >= 15 is 0 Å². The average Bonchev–Trinajstić information content (AvgIpc) is 2.32. The molecular weight excluding hydrogens is 216 g/mol. The molecule has 17 heavy (non-hydrogen) atoms. The molecule has 0 fully saturated rings. The molecule has 0 saturated heterocycles. The fourth-order valence-electron chi connectivity index (χ4n) is 1.76. The van der Waals surface area contributed by atoms with Gasteiger partial charge in [0.25, 0.3) is 5.91 Å². The lowest BCUT2D eigenvalue weighted by Gasteiger charge is -2.20. The highest BCUT2D eigenvalue weighted by molar-refractivity contribution is 5.84. The third kappa shape index (κ3) is 5.31. The third-order valence-corrected chi connectivity index (χ3v) is 2.67. The van der Waals surface area contributed by atoms with Gasteiger partial charge in [0.2, 0.25) is 0 Å². The number of rotatable bonds is 7. The minimum Gasteiger partial charge on any atom is -0.270 e. The second-order valence-electron chi connectivity index (χ2n) is 4.07. The molecule has 0 heterocycles. The number of hydrogen-bond donors (Lipinski definition) is 0. The van der Waals surface area contributed by atoms with Crippen molar-refractivity contribution in [1.82, 2.24) is 10.0 Å². The van der Waals surface area contributed by atoms with Gasteiger partial charge < -0.3 is 0 Å². The van der Waals surface area contributed by atoms with Crippen LogP contribution in [0.4, 0.5) is 0 Å². The third-order valence-electron chi connectivity index (χ3n) is 2.67. The van der Waals surface area contributed by atoms with Gasteiger partial charge in [-0.25, -0.2) is 4.79 Å². The summed E-state index contributed by atoms with van der Waals surface area (Å²) in [6.45, 7) is 8.97. The Balaban J connectivity index is 4.57. The number of carbonyl (C=O) groups is 2. The van der Waals surface area contributed by atoms with Gasteiger partial charge in [0.1, 0.15) is 0 Å². The van der Waals surface area contributed by atoms with Crippen molar-refractivity contribution in [2.75, 3.05) is 13.1 Å². The maximum absolute atomic E-state index is 12.0. The molecule has 0 aliphatic heterocycles. The smallest absolute Gasteiger partial charge is 0.270 e. The molecule has 0 aromatic heterocycles. The van der Waals surface area contributed by atoms with Crippen LogP contribution in [0.25, 0.3) is 0 Å². The van der Waals surface area contributed by atoms with Crippen LogP contribution in [0.15, 0.2) is 0 Å². The van der Waals surface area contributed by atoms with E-state index in [4.69, 9.17) is 0 Å². The van der Waals surface area contributed by atoms with Crippen molar-refractivity contribution >= 4 is 11.8 Å². The first kappa shape index (κ1) is 16.1. The average molecular weight is 242 g/mol. The lowest BCUT2D eigenvalue weighted by Crippen LogP contribution is -2.54. The molecule has 2 amide bonds. The van der Waals surface area contributed by atoms with Gasteiger partial charge in [0.15, 0.2) is 6.54 Å². The summed E-state index contributed by atoms with van der Waals surface area (Å²) in [4.78, 5) is 23.9. The fraction of sp³-hybridized carbons (Fsp3) is 0.846. The Labute approximate surface area is 105 Å². The van der Waals surface area contributed by atoms with Gasteiger partial charge in [-0.05, 0) is 26.7 Å². The summed E-state index contributed by atoms with van der Waals surface area (Å²) >= 11 is 0. The van der Waals surface area contributed by atoms with Gasteiger partial charge in [-0.2, -0.15) is 0 Å². The molecule has 0 aromatic carbocycles. The summed E-state index contributed by atoms with van der Waals surface area (Å²) in [7, 11) is 0. The largest absolute Gasteiger partial charge is 0.388 e. The first-order chi connectivity index (χ1) is 8.12. The molecule has 0 rings (SSSR count). The van der Waals surface area contributed by atoms with E-state index in [0.29, 0.717) is 25.9 Å². The maximum atomic E-state index is 12.0. The molecule has 0 aliphatic rings. The molecule has 0 aromatic rings. The zero-order chi connectivity index (χ0) is 13.3. The Morgan fingerprint density at radius 2 is 1.65 bits per heavy atom. The van der Waals surface area contributed by atoms with E-state index in [1.807, 2.05) is 20.8 Å². The van der Waals surface area contributed by atoms with Crippen LogP contribution < -0.4 is 5.01 Å². The van der Waals surface area contributed by atoms with Crippen molar-refractivity contribution < 1.29 is 9.59 Å². The Morgan fingerprint density at radius 1 is 1.00 bits per heavy atom. The second-order valence-corrected chi connectivity index (χ2v) is 4.07. The van der Waals surface area contributed by atoms with Crippen LogP contribution >= 0.6 is 0 Å². The van der Waals surface area contributed by atoms with Gasteiger partial charge in [-0.15, -0.1) is 5.01 Å². The van der Waals surface area contributed by atoms with E-state index in [1.165, 1.54) is 0 Å². The molecule has 0 atom stereocenters. The number of unbranched alkanes of at least 4 members (excludes halogenated alkanes) is 1. The summed E-state index contributed by atoms with van der Waals surface area (Å²) in [5, 5.41) is 3.18. The summed E-state index contributed by atoms with van der Waals surface area (Å²) in [6.07, 6.45) is 3.73.